The van der Waals surface area contributed by atoms with Gasteiger partial charge in [-0.15, -0.1) is 0 Å². The second-order valence-electron chi connectivity index (χ2n) is 4.94. The van der Waals surface area contributed by atoms with Crippen molar-refractivity contribution in [1.82, 2.24) is 0 Å². The molecule has 0 saturated heterocycles. The fraction of sp³-hybridized carbons (Fsp3) is 1.00. The number of ether oxygens (including phenoxy) is 4. The third-order valence-electron chi connectivity index (χ3n) is 2.75. The third kappa shape index (κ3) is 18.0. The Morgan fingerprint density at radius 1 is 0.750 bits per heavy atom. The Bertz CT molecular complexity index is 214. The van der Waals surface area contributed by atoms with Gasteiger partial charge in [-0.05, 0) is 12.8 Å². The maximum Gasteiger partial charge on any atom is 0.104 e. The molecule has 0 heterocycles. The summed E-state index contributed by atoms with van der Waals surface area (Å²) in [5.74, 6) is 0. The van der Waals surface area contributed by atoms with E-state index >= 15 is 0 Å². The van der Waals surface area contributed by atoms with Crippen LogP contribution in [0.2, 0.25) is 0 Å². The van der Waals surface area contributed by atoms with Gasteiger partial charge in [0.15, 0.2) is 0 Å². The van der Waals surface area contributed by atoms with Gasteiger partial charge >= 0.3 is 0 Å². The molecular weight excluding hydrogens is 320 g/mol. The van der Waals surface area contributed by atoms with Gasteiger partial charge in [-0.3, -0.25) is 0 Å². The minimum absolute atomic E-state index is 0. The normalized spacial score (nSPS) is 14.4. The summed E-state index contributed by atoms with van der Waals surface area (Å²) in [4.78, 5) is 0. The van der Waals surface area contributed by atoms with Crippen molar-refractivity contribution in [1.29, 1.82) is 0 Å². The van der Waals surface area contributed by atoms with Crippen molar-refractivity contribution in [3.05, 3.63) is 0 Å². The van der Waals surface area contributed by atoms with Gasteiger partial charge in [-0.25, -0.2) is 0 Å². The zero-order valence-corrected chi connectivity index (χ0v) is 13.2. The number of hydrogen-bond acceptors (Lipinski definition) is 8. The van der Waals surface area contributed by atoms with Crippen LogP contribution in [0.5, 0.6) is 0 Å². The lowest BCUT2D eigenvalue weighted by Gasteiger charge is -2.19. The largest absolute Gasteiger partial charge is 0.394 e. The zero-order chi connectivity index (χ0) is 16.6. The molecule has 0 amide bonds. The molecule has 24 heavy (non-hydrogen) atoms. The van der Waals surface area contributed by atoms with Gasteiger partial charge in [0.05, 0.1) is 39.6 Å². The van der Waals surface area contributed by atoms with Gasteiger partial charge in [0.25, 0.3) is 0 Å². The Balaban J connectivity index is -0.00000220. The lowest BCUT2D eigenvalue weighted by atomic mass is 10.3. The van der Waals surface area contributed by atoms with Crippen molar-refractivity contribution < 1.29 is 39.4 Å². The molecule has 2 unspecified atom stereocenters. The second-order valence-corrected chi connectivity index (χ2v) is 4.94. The first kappa shape index (κ1) is 28.5. The lowest BCUT2D eigenvalue weighted by molar-refractivity contribution is -0.0882. The van der Waals surface area contributed by atoms with E-state index in [1.807, 2.05) is 0 Å². The summed E-state index contributed by atoms with van der Waals surface area (Å²) in [6, 6.07) is 0. The van der Waals surface area contributed by atoms with E-state index in [1.165, 1.54) is 0 Å². The summed E-state index contributed by atoms with van der Waals surface area (Å²) < 4.78 is 21.1. The molecule has 0 spiro atoms. The molecule has 4 N–H and O–H groups in total. The van der Waals surface area contributed by atoms with Crippen molar-refractivity contribution in [3.8, 4) is 0 Å². The third-order valence-corrected chi connectivity index (χ3v) is 2.75. The van der Waals surface area contributed by atoms with Crippen LogP contribution in [0.25, 0.3) is 0 Å². The zero-order valence-electron chi connectivity index (χ0n) is 13.2. The van der Waals surface area contributed by atoms with E-state index in [2.05, 4.69) is 0 Å². The lowest BCUT2D eigenvalue weighted by Crippen LogP contribution is -2.31. The first-order valence-electron chi connectivity index (χ1n) is 7.47. The highest BCUT2D eigenvalue weighted by molar-refractivity contribution is 4.59. The molecule has 0 aliphatic rings. The molecule has 0 radical (unpaired) electrons. The van der Waals surface area contributed by atoms with E-state index in [1.54, 1.807) is 7.11 Å². The Hall–Kier alpha value is -0.320. The monoisotopic (exact) mass is 358 g/mol. The molecule has 8 heteroatoms. The molecule has 0 aromatic heterocycles. The molecule has 0 saturated carbocycles. The fourth-order valence-electron chi connectivity index (χ4n) is 1.52. The highest BCUT2D eigenvalue weighted by Gasteiger charge is 2.13. The molecule has 8 nitrogen and oxygen atoms in total. The molecule has 150 valence electrons. The summed E-state index contributed by atoms with van der Waals surface area (Å²) >= 11 is 0. The molecule has 0 rings (SSSR count). The summed E-state index contributed by atoms with van der Waals surface area (Å²) in [6.45, 7) is 0.910. The molecule has 0 aromatic rings. The van der Waals surface area contributed by atoms with Crippen LogP contribution < -0.4 is 0 Å². The van der Waals surface area contributed by atoms with E-state index < -0.39 is 12.2 Å². The first-order valence-corrected chi connectivity index (χ1v) is 7.47. The van der Waals surface area contributed by atoms with Crippen molar-refractivity contribution in [2.24, 2.45) is 0 Å². The van der Waals surface area contributed by atoms with Crippen molar-refractivity contribution >= 4 is 0 Å². The Labute approximate surface area is 146 Å². The molecule has 0 aromatic carbocycles. The van der Waals surface area contributed by atoms with Crippen LogP contribution in [0.4, 0.5) is 0 Å². The first-order chi connectivity index (χ1) is 10.6. The highest BCUT2D eigenvalue weighted by atomic mass is 16.6. The van der Waals surface area contributed by atoms with Gasteiger partial charge in [0, 0.05) is 20.3 Å². The quantitative estimate of drug-likeness (QED) is 0.280. The van der Waals surface area contributed by atoms with Crippen LogP contribution >= 0.6 is 0 Å². The number of unbranched alkanes of at least 4 members (excludes halogenated alkanes) is 1. The minimum Gasteiger partial charge on any atom is -0.394 e. The van der Waals surface area contributed by atoms with Crippen LogP contribution in [-0.2, 0) is 18.9 Å². The van der Waals surface area contributed by atoms with E-state index in [0.29, 0.717) is 13.2 Å². The topological polar surface area (TPSA) is 118 Å². The number of aliphatic hydroxyl groups is 4. The predicted molar refractivity (Wildman–Crippen MR) is 92.1 cm³/mol. The molecule has 2 atom stereocenters. The fourth-order valence-corrected chi connectivity index (χ4v) is 1.52. The predicted octanol–water partition coefficient (Wildman–Crippen LogP) is -0.190. The van der Waals surface area contributed by atoms with Crippen molar-refractivity contribution in [3.63, 3.8) is 0 Å². The standard InChI is InChI=1S/C14H30O8.2CH4/c1-19-4-2-3-5-22-14(10-20-8-12(17)6-15)11-21-9-13(18)7-16;;/h12-18H,2-11H2,1H3;2*1H4. The summed E-state index contributed by atoms with van der Waals surface area (Å²) in [7, 11) is 1.64. The highest BCUT2D eigenvalue weighted by Crippen LogP contribution is 2.00. The molecule has 0 fully saturated rings. The van der Waals surface area contributed by atoms with Gasteiger partial charge < -0.3 is 39.4 Å². The maximum absolute atomic E-state index is 9.20. The minimum atomic E-state index is -0.917. The Kier molecular flexibility index (Phi) is 24.6. The second kappa shape index (κ2) is 20.7. The van der Waals surface area contributed by atoms with Crippen LogP contribution in [0.15, 0.2) is 0 Å². The summed E-state index contributed by atoms with van der Waals surface area (Å²) in [6.07, 6.45) is -0.460. The van der Waals surface area contributed by atoms with Gasteiger partial charge in [-0.1, -0.05) is 14.9 Å². The average molecular weight is 358 g/mol. The molecule has 0 aliphatic heterocycles. The van der Waals surface area contributed by atoms with Crippen LogP contribution in [-0.4, -0.2) is 98.7 Å². The Morgan fingerprint density at radius 3 is 1.62 bits per heavy atom. The van der Waals surface area contributed by atoms with E-state index in [4.69, 9.17) is 29.2 Å². The summed E-state index contributed by atoms with van der Waals surface area (Å²) in [5.41, 5.74) is 0. The van der Waals surface area contributed by atoms with Crippen LogP contribution in [0.3, 0.4) is 0 Å². The van der Waals surface area contributed by atoms with Crippen molar-refractivity contribution in [2.45, 2.75) is 46.0 Å². The molecule has 0 aliphatic carbocycles. The van der Waals surface area contributed by atoms with Crippen LogP contribution in [0, 0.1) is 0 Å². The molecular formula is C16H38O8. The van der Waals surface area contributed by atoms with Gasteiger partial charge in [0.1, 0.15) is 18.3 Å². The maximum atomic E-state index is 9.20. The number of hydrogen-bond donors (Lipinski definition) is 4. The molecule has 0 bridgehead atoms. The summed E-state index contributed by atoms with van der Waals surface area (Å²) in [5, 5.41) is 35.8. The average Bonchev–Trinajstić information content (AvgIpc) is 2.53. The van der Waals surface area contributed by atoms with E-state index in [-0.39, 0.29) is 60.6 Å². The Morgan fingerprint density at radius 2 is 1.21 bits per heavy atom. The van der Waals surface area contributed by atoms with Crippen LogP contribution in [0.1, 0.15) is 27.7 Å². The number of rotatable bonds is 16. The van der Waals surface area contributed by atoms with Gasteiger partial charge in [-0.2, -0.15) is 0 Å². The SMILES string of the molecule is C.C.COCCCCOC(COCC(O)CO)COCC(O)CO. The number of aliphatic hydroxyl groups excluding tert-OH is 4. The van der Waals surface area contributed by atoms with Crippen molar-refractivity contribution in [2.75, 3.05) is 60.0 Å². The number of methoxy groups -OCH3 is 1. The van der Waals surface area contributed by atoms with Gasteiger partial charge in [0.2, 0.25) is 0 Å². The van der Waals surface area contributed by atoms with E-state index in [9.17, 15) is 10.2 Å². The smallest absolute Gasteiger partial charge is 0.104 e. The van der Waals surface area contributed by atoms with E-state index in [0.717, 1.165) is 12.8 Å².